The summed E-state index contributed by atoms with van der Waals surface area (Å²) in [6.45, 7) is 8.89. The summed E-state index contributed by atoms with van der Waals surface area (Å²) in [6.07, 6.45) is 1.84. The second kappa shape index (κ2) is 7.11. The molecule has 0 spiro atoms. The first-order valence-electron chi connectivity index (χ1n) is 7.07. The van der Waals surface area contributed by atoms with Gasteiger partial charge >= 0.3 is 0 Å². The van der Waals surface area contributed by atoms with Gasteiger partial charge in [0.05, 0.1) is 17.7 Å². The van der Waals surface area contributed by atoms with Crippen molar-refractivity contribution in [1.82, 2.24) is 9.27 Å². The third kappa shape index (κ3) is 3.78. The third-order valence-electron chi connectivity index (χ3n) is 3.35. The van der Waals surface area contributed by atoms with E-state index in [4.69, 9.17) is 16.3 Å². The maximum absolute atomic E-state index is 6.18. The van der Waals surface area contributed by atoms with E-state index in [9.17, 15) is 0 Å². The van der Waals surface area contributed by atoms with E-state index >= 15 is 0 Å². The molecule has 0 unspecified atom stereocenters. The summed E-state index contributed by atoms with van der Waals surface area (Å²) in [4.78, 5) is 6.54. The summed E-state index contributed by atoms with van der Waals surface area (Å²) >= 11 is 7.44. The molecule has 118 valence electrons. The SMILES string of the molecule is CCN(C)/C=N\c1cc(C)c(Oc2snc(C)c2Cl)cc1C. The number of benzene rings is 1. The molecule has 0 radical (unpaired) electrons. The Kier molecular flexibility index (Phi) is 5.42. The maximum Gasteiger partial charge on any atom is 0.218 e. The van der Waals surface area contributed by atoms with Gasteiger partial charge in [-0.25, -0.2) is 4.99 Å². The minimum absolute atomic E-state index is 0.578. The van der Waals surface area contributed by atoms with Crippen molar-refractivity contribution < 1.29 is 4.74 Å². The van der Waals surface area contributed by atoms with E-state index in [1.807, 2.05) is 51.2 Å². The molecule has 0 aliphatic carbocycles. The van der Waals surface area contributed by atoms with Crippen LogP contribution in [0.25, 0.3) is 0 Å². The number of hydrogen-bond donors (Lipinski definition) is 0. The zero-order valence-corrected chi connectivity index (χ0v) is 15.0. The number of hydrogen-bond acceptors (Lipinski definition) is 4. The van der Waals surface area contributed by atoms with E-state index in [0.717, 1.165) is 34.8 Å². The van der Waals surface area contributed by atoms with Gasteiger partial charge in [-0.15, -0.1) is 0 Å². The van der Waals surface area contributed by atoms with Crippen LogP contribution in [-0.4, -0.2) is 29.2 Å². The molecule has 1 aromatic carbocycles. The number of ether oxygens (including phenoxy) is 1. The van der Waals surface area contributed by atoms with Crippen molar-refractivity contribution in [1.29, 1.82) is 0 Å². The van der Waals surface area contributed by atoms with Gasteiger partial charge in [-0.2, -0.15) is 4.37 Å². The summed E-state index contributed by atoms with van der Waals surface area (Å²) < 4.78 is 10.1. The minimum Gasteiger partial charge on any atom is -0.443 e. The summed E-state index contributed by atoms with van der Waals surface area (Å²) in [7, 11) is 2.00. The fraction of sp³-hybridized carbons (Fsp3) is 0.375. The highest BCUT2D eigenvalue weighted by Gasteiger charge is 2.13. The lowest BCUT2D eigenvalue weighted by Gasteiger charge is -2.12. The first-order valence-corrected chi connectivity index (χ1v) is 8.22. The molecule has 1 aromatic heterocycles. The van der Waals surface area contributed by atoms with Gasteiger partial charge in [0, 0.05) is 25.1 Å². The predicted octanol–water partition coefficient (Wildman–Crippen LogP) is 5.13. The molecule has 0 aliphatic rings. The zero-order chi connectivity index (χ0) is 16.3. The van der Waals surface area contributed by atoms with Crippen molar-refractivity contribution in [3.63, 3.8) is 0 Å². The van der Waals surface area contributed by atoms with Crippen LogP contribution < -0.4 is 4.74 Å². The zero-order valence-electron chi connectivity index (χ0n) is 13.5. The molecule has 0 amide bonds. The second-order valence-corrected chi connectivity index (χ2v) is 6.31. The Labute approximate surface area is 140 Å². The van der Waals surface area contributed by atoms with Crippen LogP contribution in [0.15, 0.2) is 17.1 Å². The van der Waals surface area contributed by atoms with Gasteiger partial charge in [0.2, 0.25) is 5.06 Å². The third-order valence-corrected chi connectivity index (χ3v) is 4.73. The lowest BCUT2D eigenvalue weighted by molar-refractivity contribution is 0.492. The molecule has 0 saturated heterocycles. The summed E-state index contributed by atoms with van der Waals surface area (Å²) in [5.74, 6) is 0.783. The van der Waals surface area contributed by atoms with Crippen molar-refractivity contribution >= 4 is 35.2 Å². The normalized spacial score (nSPS) is 11.2. The van der Waals surface area contributed by atoms with E-state index < -0.39 is 0 Å². The van der Waals surface area contributed by atoms with Crippen molar-refractivity contribution in [2.75, 3.05) is 13.6 Å². The molecule has 0 atom stereocenters. The average Bonchev–Trinajstić information content (AvgIpc) is 2.80. The van der Waals surface area contributed by atoms with E-state index in [1.165, 1.54) is 11.5 Å². The number of rotatable bonds is 5. The van der Waals surface area contributed by atoms with Gasteiger partial charge in [-0.3, -0.25) is 0 Å². The van der Waals surface area contributed by atoms with Crippen LogP contribution in [0.1, 0.15) is 23.7 Å². The molecule has 0 N–H and O–H groups in total. The van der Waals surface area contributed by atoms with E-state index in [2.05, 4.69) is 16.3 Å². The van der Waals surface area contributed by atoms with Gasteiger partial charge in [-0.05, 0) is 51.0 Å². The Morgan fingerprint density at radius 3 is 2.64 bits per heavy atom. The van der Waals surface area contributed by atoms with Crippen molar-refractivity contribution in [3.05, 3.63) is 34.0 Å². The van der Waals surface area contributed by atoms with Crippen molar-refractivity contribution in [2.45, 2.75) is 27.7 Å². The molecule has 0 saturated carbocycles. The van der Waals surface area contributed by atoms with Crippen molar-refractivity contribution in [2.24, 2.45) is 4.99 Å². The molecule has 22 heavy (non-hydrogen) atoms. The molecule has 4 nitrogen and oxygen atoms in total. The Morgan fingerprint density at radius 2 is 2.05 bits per heavy atom. The Balaban J connectivity index is 2.26. The fourth-order valence-electron chi connectivity index (χ4n) is 1.77. The average molecular weight is 338 g/mol. The van der Waals surface area contributed by atoms with Crippen LogP contribution in [0.4, 0.5) is 5.69 Å². The summed E-state index contributed by atoms with van der Waals surface area (Å²) in [5.41, 5.74) is 3.80. The Bertz CT molecular complexity index is 697. The minimum atomic E-state index is 0.578. The largest absolute Gasteiger partial charge is 0.443 e. The summed E-state index contributed by atoms with van der Waals surface area (Å²) in [5, 5.41) is 1.21. The smallest absolute Gasteiger partial charge is 0.218 e. The molecule has 0 aliphatic heterocycles. The van der Waals surface area contributed by atoms with Gasteiger partial charge in [0.15, 0.2) is 0 Å². The molecule has 1 heterocycles. The van der Waals surface area contributed by atoms with Crippen LogP contribution >= 0.6 is 23.1 Å². The highest BCUT2D eigenvalue weighted by molar-refractivity contribution is 7.08. The molecule has 0 bridgehead atoms. The van der Waals surface area contributed by atoms with Crippen LogP contribution in [0.3, 0.4) is 0 Å². The van der Waals surface area contributed by atoms with Crippen LogP contribution in [0, 0.1) is 20.8 Å². The fourth-order valence-corrected chi connectivity index (χ4v) is 2.67. The standard InChI is InChI=1S/C16H20ClN3OS/c1-6-20(5)9-18-13-7-11(3)14(8-10(13)2)21-16-15(17)12(4)19-22-16/h7-9H,6H2,1-5H3/b18-9-. The van der Waals surface area contributed by atoms with E-state index in [1.54, 1.807) is 0 Å². The van der Waals surface area contributed by atoms with Gasteiger partial charge in [-0.1, -0.05) is 11.6 Å². The highest BCUT2D eigenvalue weighted by Crippen LogP contribution is 2.38. The molecule has 2 rings (SSSR count). The predicted molar refractivity (Wildman–Crippen MR) is 94.3 cm³/mol. The topological polar surface area (TPSA) is 37.7 Å². The van der Waals surface area contributed by atoms with Gasteiger partial charge in [0.1, 0.15) is 10.8 Å². The van der Waals surface area contributed by atoms with E-state index in [0.29, 0.717) is 10.1 Å². The quantitative estimate of drug-likeness (QED) is 0.561. The number of aryl methyl sites for hydroxylation is 3. The first-order chi connectivity index (χ1) is 10.4. The lowest BCUT2D eigenvalue weighted by Crippen LogP contribution is -2.14. The molecule has 6 heteroatoms. The van der Waals surface area contributed by atoms with Gasteiger partial charge < -0.3 is 9.64 Å². The molecular formula is C16H20ClN3OS. The maximum atomic E-state index is 6.18. The molecule has 2 aromatic rings. The Hall–Kier alpha value is -1.59. The lowest BCUT2D eigenvalue weighted by atomic mass is 10.1. The van der Waals surface area contributed by atoms with Gasteiger partial charge in [0.25, 0.3) is 0 Å². The monoisotopic (exact) mass is 337 g/mol. The van der Waals surface area contributed by atoms with Crippen LogP contribution in [0.2, 0.25) is 5.02 Å². The van der Waals surface area contributed by atoms with Crippen molar-refractivity contribution in [3.8, 4) is 10.8 Å². The van der Waals surface area contributed by atoms with Crippen LogP contribution in [0.5, 0.6) is 10.8 Å². The number of aliphatic imine (C=N–C) groups is 1. The number of nitrogens with zero attached hydrogens (tertiary/aromatic N) is 3. The second-order valence-electron chi connectivity index (χ2n) is 5.19. The first kappa shape index (κ1) is 16.8. The van der Waals surface area contributed by atoms with E-state index in [-0.39, 0.29) is 0 Å². The van der Waals surface area contributed by atoms with Crippen LogP contribution in [-0.2, 0) is 0 Å². The number of halogens is 1. The Morgan fingerprint density at radius 1 is 1.32 bits per heavy atom. The number of aromatic nitrogens is 1. The molecule has 0 fully saturated rings. The summed E-state index contributed by atoms with van der Waals surface area (Å²) in [6, 6.07) is 4.01. The highest BCUT2D eigenvalue weighted by atomic mass is 35.5. The molecular weight excluding hydrogens is 318 g/mol.